The third kappa shape index (κ3) is 3.82. The van der Waals surface area contributed by atoms with Crippen LogP contribution in [0, 0.1) is 5.92 Å². The minimum absolute atomic E-state index is 0.741. The molecule has 3 nitrogen and oxygen atoms in total. The molecule has 0 N–H and O–H groups in total. The first kappa shape index (κ1) is 16.9. The van der Waals surface area contributed by atoms with E-state index in [1.54, 1.807) is 6.33 Å². The van der Waals surface area contributed by atoms with Crippen molar-refractivity contribution in [2.24, 2.45) is 5.92 Å². The van der Waals surface area contributed by atoms with Crippen LogP contribution in [-0.2, 0) is 12.8 Å². The molecular weight excluding hydrogens is 348 g/mol. The summed E-state index contributed by atoms with van der Waals surface area (Å²) in [5.74, 6) is 2.75. The third-order valence-electron chi connectivity index (χ3n) is 4.60. The molecule has 0 aliphatic heterocycles. The molecule has 130 valence electrons. The number of thioether (sulfide) groups is 1. The summed E-state index contributed by atoms with van der Waals surface area (Å²) >= 11 is 3.71. The maximum Gasteiger partial charge on any atom is 0.128 e. The Balaban J connectivity index is 1.40. The molecule has 3 aromatic rings. The topological polar surface area (TPSA) is 35.0 Å². The van der Waals surface area contributed by atoms with Crippen molar-refractivity contribution in [3.63, 3.8) is 0 Å². The van der Waals surface area contributed by atoms with Gasteiger partial charge in [0.2, 0.25) is 0 Å². The van der Waals surface area contributed by atoms with Crippen LogP contribution in [0.15, 0.2) is 41.7 Å². The lowest BCUT2D eigenvalue weighted by molar-refractivity contribution is 0.318. The molecule has 0 saturated carbocycles. The zero-order chi connectivity index (χ0) is 17.1. The number of nitrogens with zero attached hydrogens (tertiary/aromatic N) is 2. The van der Waals surface area contributed by atoms with Gasteiger partial charge in [-0.25, -0.2) is 9.97 Å². The van der Waals surface area contributed by atoms with Gasteiger partial charge >= 0.3 is 0 Å². The second-order valence-corrected chi connectivity index (χ2v) is 8.74. The highest BCUT2D eigenvalue weighted by Gasteiger charge is 2.22. The summed E-state index contributed by atoms with van der Waals surface area (Å²) in [6.07, 6.45) is 6.38. The Kier molecular flexibility index (Phi) is 5.22. The summed E-state index contributed by atoms with van der Waals surface area (Å²) in [5, 5.41) is 2.47. The van der Waals surface area contributed by atoms with E-state index < -0.39 is 0 Å². The van der Waals surface area contributed by atoms with Gasteiger partial charge in [-0.3, -0.25) is 0 Å². The van der Waals surface area contributed by atoms with Crippen LogP contribution in [0.4, 0.5) is 0 Å². The first-order chi connectivity index (χ1) is 12.3. The van der Waals surface area contributed by atoms with Crippen LogP contribution in [0.3, 0.4) is 0 Å². The summed E-state index contributed by atoms with van der Waals surface area (Å²) in [6, 6.07) is 10.0. The summed E-state index contributed by atoms with van der Waals surface area (Å²) in [7, 11) is 0. The van der Waals surface area contributed by atoms with Crippen LogP contribution in [0.2, 0.25) is 0 Å². The second-order valence-electron chi connectivity index (χ2n) is 6.57. The SMILES string of the molecule is C[C@@H]1CCc2c(sc3ncnc(SCCCOc4ccccc4)c23)C1. The zero-order valence-electron chi connectivity index (χ0n) is 14.4. The van der Waals surface area contributed by atoms with Crippen molar-refractivity contribution in [2.75, 3.05) is 12.4 Å². The number of aromatic nitrogens is 2. The van der Waals surface area contributed by atoms with Crippen LogP contribution in [-0.4, -0.2) is 22.3 Å². The Hall–Kier alpha value is -1.59. The molecule has 0 bridgehead atoms. The fourth-order valence-electron chi connectivity index (χ4n) is 3.29. The molecular formula is C20H22N2OS2. The molecule has 2 heterocycles. The van der Waals surface area contributed by atoms with E-state index in [-0.39, 0.29) is 0 Å². The van der Waals surface area contributed by atoms with Crippen molar-refractivity contribution in [2.45, 2.75) is 37.6 Å². The van der Waals surface area contributed by atoms with Gasteiger partial charge in [-0.05, 0) is 49.3 Å². The summed E-state index contributed by atoms with van der Waals surface area (Å²) in [6.45, 7) is 3.09. The minimum Gasteiger partial charge on any atom is -0.494 e. The summed E-state index contributed by atoms with van der Waals surface area (Å²) < 4.78 is 5.77. The predicted octanol–water partition coefficient (Wildman–Crippen LogP) is 5.38. The Morgan fingerprint density at radius 1 is 1.24 bits per heavy atom. The Morgan fingerprint density at radius 3 is 3.00 bits per heavy atom. The third-order valence-corrected chi connectivity index (χ3v) is 6.83. The van der Waals surface area contributed by atoms with Crippen molar-refractivity contribution in [1.82, 2.24) is 9.97 Å². The normalized spacial score (nSPS) is 16.8. The van der Waals surface area contributed by atoms with E-state index in [9.17, 15) is 0 Å². The fourth-order valence-corrected chi connectivity index (χ4v) is 5.65. The van der Waals surface area contributed by atoms with Crippen LogP contribution in [0.1, 0.15) is 30.2 Å². The van der Waals surface area contributed by atoms with E-state index in [0.29, 0.717) is 0 Å². The predicted molar refractivity (Wildman–Crippen MR) is 106 cm³/mol. The quantitative estimate of drug-likeness (QED) is 0.332. The molecule has 0 fully saturated rings. The highest BCUT2D eigenvalue weighted by Crippen LogP contribution is 2.40. The fraction of sp³-hybridized carbons (Fsp3) is 0.400. The molecule has 0 saturated heterocycles. The lowest BCUT2D eigenvalue weighted by Crippen LogP contribution is -2.08. The van der Waals surface area contributed by atoms with Gasteiger partial charge in [0.15, 0.2) is 0 Å². The van der Waals surface area contributed by atoms with Crippen LogP contribution < -0.4 is 4.74 Å². The van der Waals surface area contributed by atoms with Crippen molar-refractivity contribution in [3.05, 3.63) is 47.1 Å². The first-order valence-electron chi connectivity index (χ1n) is 8.87. The molecule has 0 spiro atoms. The number of thiophene rings is 1. The van der Waals surface area contributed by atoms with Gasteiger partial charge < -0.3 is 4.74 Å². The van der Waals surface area contributed by atoms with E-state index >= 15 is 0 Å². The molecule has 4 rings (SSSR count). The molecule has 0 radical (unpaired) electrons. The number of hydrogen-bond acceptors (Lipinski definition) is 5. The Labute approximate surface area is 156 Å². The average Bonchev–Trinajstić information content (AvgIpc) is 3.00. The van der Waals surface area contributed by atoms with Crippen LogP contribution in [0.5, 0.6) is 5.75 Å². The van der Waals surface area contributed by atoms with E-state index in [1.807, 2.05) is 53.4 Å². The molecule has 1 atom stereocenters. The van der Waals surface area contributed by atoms with Crippen molar-refractivity contribution in [3.8, 4) is 5.75 Å². The van der Waals surface area contributed by atoms with E-state index in [0.717, 1.165) is 40.3 Å². The van der Waals surface area contributed by atoms with Gasteiger partial charge in [-0.15, -0.1) is 23.1 Å². The lowest BCUT2D eigenvalue weighted by atomic mass is 9.89. The molecule has 1 aliphatic carbocycles. The first-order valence-corrected chi connectivity index (χ1v) is 10.7. The summed E-state index contributed by atoms with van der Waals surface area (Å²) in [4.78, 5) is 11.8. The smallest absolute Gasteiger partial charge is 0.128 e. The number of fused-ring (bicyclic) bond motifs is 3. The van der Waals surface area contributed by atoms with Crippen LogP contribution in [0.25, 0.3) is 10.2 Å². The van der Waals surface area contributed by atoms with E-state index in [4.69, 9.17) is 4.74 Å². The molecule has 2 aromatic heterocycles. The maximum atomic E-state index is 5.77. The monoisotopic (exact) mass is 370 g/mol. The van der Waals surface area contributed by atoms with Gasteiger partial charge in [0.1, 0.15) is 21.9 Å². The highest BCUT2D eigenvalue weighted by atomic mass is 32.2. The van der Waals surface area contributed by atoms with Gasteiger partial charge in [0.25, 0.3) is 0 Å². The van der Waals surface area contributed by atoms with Crippen molar-refractivity contribution >= 4 is 33.3 Å². The number of hydrogen-bond donors (Lipinski definition) is 0. The standard InChI is InChI=1S/C20H22N2OS2/c1-14-8-9-16-17(12-14)25-20-18(16)19(21-13-22-20)24-11-5-10-23-15-6-3-2-4-7-15/h2-4,6-7,13-14H,5,8-12H2,1H3/t14-/m1/s1. The maximum absolute atomic E-state index is 5.77. The van der Waals surface area contributed by atoms with Gasteiger partial charge in [-0.2, -0.15) is 0 Å². The lowest BCUT2D eigenvalue weighted by Gasteiger charge is -2.18. The zero-order valence-corrected chi connectivity index (χ0v) is 16.0. The molecule has 1 aliphatic rings. The molecule has 0 unspecified atom stereocenters. The van der Waals surface area contributed by atoms with E-state index in [2.05, 4.69) is 16.9 Å². The largest absolute Gasteiger partial charge is 0.494 e. The molecule has 1 aromatic carbocycles. The van der Waals surface area contributed by atoms with Gasteiger partial charge in [0.05, 0.1) is 6.61 Å². The van der Waals surface area contributed by atoms with Crippen LogP contribution >= 0.6 is 23.1 Å². The number of ether oxygens (including phenoxy) is 1. The van der Waals surface area contributed by atoms with Crippen molar-refractivity contribution in [1.29, 1.82) is 0 Å². The number of benzene rings is 1. The molecule has 5 heteroatoms. The molecule has 25 heavy (non-hydrogen) atoms. The van der Waals surface area contributed by atoms with Gasteiger partial charge in [0, 0.05) is 16.0 Å². The average molecular weight is 371 g/mol. The number of rotatable bonds is 6. The van der Waals surface area contributed by atoms with E-state index in [1.165, 1.54) is 35.1 Å². The Morgan fingerprint density at radius 2 is 2.12 bits per heavy atom. The number of aryl methyl sites for hydroxylation is 1. The second kappa shape index (κ2) is 7.75. The Bertz CT molecular complexity index is 848. The molecule has 0 amide bonds. The minimum atomic E-state index is 0.741. The number of para-hydroxylation sites is 1. The summed E-state index contributed by atoms with van der Waals surface area (Å²) in [5.41, 5.74) is 1.52. The van der Waals surface area contributed by atoms with Gasteiger partial charge in [-0.1, -0.05) is 25.1 Å². The highest BCUT2D eigenvalue weighted by molar-refractivity contribution is 7.99. The van der Waals surface area contributed by atoms with Crippen molar-refractivity contribution < 1.29 is 4.74 Å².